The number of ether oxygens (including phenoxy) is 1. The Kier molecular flexibility index (Phi) is 5.54. The standard InChI is InChI=1S/C14H17BrFNO2/c1-14(2,3)19-13(18)17-8-4-5-10-6-7-12(16)11(15)9-10/h4-7,9H,8H2,1-3H3,(H,17,18). The lowest BCUT2D eigenvalue weighted by Gasteiger charge is -2.19. The molecule has 0 aliphatic carbocycles. The van der Waals surface area contributed by atoms with Crippen LogP contribution in [-0.4, -0.2) is 18.2 Å². The van der Waals surface area contributed by atoms with E-state index in [9.17, 15) is 9.18 Å². The number of nitrogens with one attached hydrogen (secondary N) is 1. The van der Waals surface area contributed by atoms with Crippen molar-refractivity contribution < 1.29 is 13.9 Å². The molecule has 0 saturated carbocycles. The van der Waals surface area contributed by atoms with Crippen LogP contribution in [0.25, 0.3) is 6.08 Å². The quantitative estimate of drug-likeness (QED) is 0.905. The van der Waals surface area contributed by atoms with Gasteiger partial charge in [0.15, 0.2) is 0 Å². The fraction of sp³-hybridized carbons (Fsp3) is 0.357. The molecule has 104 valence electrons. The van der Waals surface area contributed by atoms with Gasteiger partial charge in [-0.1, -0.05) is 18.2 Å². The van der Waals surface area contributed by atoms with Gasteiger partial charge in [0.05, 0.1) is 4.47 Å². The number of carbonyl (C=O) groups is 1. The van der Waals surface area contributed by atoms with E-state index in [-0.39, 0.29) is 5.82 Å². The Morgan fingerprint density at radius 1 is 1.47 bits per heavy atom. The predicted molar refractivity (Wildman–Crippen MR) is 77.4 cm³/mol. The molecule has 1 rings (SSSR count). The Labute approximate surface area is 121 Å². The van der Waals surface area contributed by atoms with E-state index >= 15 is 0 Å². The first-order valence-electron chi connectivity index (χ1n) is 5.86. The molecular weight excluding hydrogens is 313 g/mol. The van der Waals surface area contributed by atoms with Gasteiger partial charge in [-0.05, 0) is 54.4 Å². The van der Waals surface area contributed by atoms with Gasteiger partial charge in [-0.25, -0.2) is 9.18 Å². The summed E-state index contributed by atoms with van der Waals surface area (Å²) < 4.78 is 18.5. The molecule has 0 heterocycles. The minimum absolute atomic E-state index is 0.302. The second-order valence-electron chi connectivity index (χ2n) is 4.96. The van der Waals surface area contributed by atoms with Gasteiger partial charge in [-0.15, -0.1) is 0 Å². The van der Waals surface area contributed by atoms with Crippen molar-refractivity contribution in [3.63, 3.8) is 0 Å². The number of halogens is 2. The van der Waals surface area contributed by atoms with Crippen molar-refractivity contribution in [3.05, 3.63) is 40.1 Å². The summed E-state index contributed by atoms with van der Waals surface area (Å²) in [6.45, 7) is 5.76. The molecular formula is C14H17BrFNO2. The fourth-order valence-corrected chi connectivity index (χ4v) is 1.66. The molecule has 0 aromatic heterocycles. The highest BCUT2D eigenvalue weighted by Gasteiger charge is 2.14. The zero-order chi connectivity index (χ0) is 14.5. The van der Waals surface area contributed by atoms with Crippen LogP contribution < -0.4 is 5.32 Å². The van der Waals surface area contributed by atoms with E-state index in [1.807, 2.05) is 0 Å². The second kappa shape index (κ2) is 6.70. The van der Waals surface area contributed by atoms with Gasteiger partial charge in [0.25, 0.3) is 0 Å². The molecule has 0 spiro atoms. The van der Waals surface area contributed by atoms with Crippen LogP contribution in [0.5, 0.6) is 0 Å². The molecule has 5 heteroatoms. The van der Waals surface area contributed by atoms with Crippen molar-refractivity contribution >= 4 is 28.1 Å². The molecule has 1 N–H and O–H groups in total. The summed E-state index contributed by atoms with van der Waals surface area (Å²) in [5.41, 5.74) is 0.342. The monoisotopic (exact) mass is 329 g/mol. The number of hydrogen-bond acceptors (Lipinski definition) is 2. The van der Waals surface area contributed by atoms with E-state index < -0.39 is 11.7 Å². The van der Waals surface area contributed by atoms with Crippen molar-refractivity contribution in [1.29, 1.82) is 0 Å². The molecule has 3 nitrogen and oxygen atoms in total. The third-order valence-corrected chi connectivity index (χ3v) is 2.62. The second-order valence-corrected chi connectivity index (χ2v) is 5.81. The van der Waals surface area contributed by atoms with Crippen LogP contribution in [-0.2, 0) is 4.74 Å². The van der Waals surface area contributed by atoms with E-state index in [1.54, 1.807) is 45.1 Å². The third kappa shape index (κ3) is 6.38. The van der Waals surface area contributed by atoms with Crippen LogP contribution in [0.15, 0.2) is 28.7 Å². The van der Waals surface area contributed by atoms with Crippen molar-refractivity contribution in [2.24, 2.45) is 0 Å². The number of rotatable bonds is 3. The van der Waals surface area contributed by atoms with Crippen LogP contribution in [0, 0.1) is 5.82 Å². The topological polar surface area (TPSA) is 38.3 Å². The Morgan fingerprint density at radius 2 is 2.16 bits per heavy atom. The normalized spacial score (nSPS) is 11.6. The zero-order valence-corrected chi connectivity index (χ0v) is 12.8. The van der Waals surface area contributed by atoms with Gasteiger partial charge in [0.1, 0.15) is 11.4 Å². The Balaban J connectivity index is 2.42. The van der Waals surface area contributed by atoms with Crippen LogP contribution in [0.1, 0.15) is 26.3 Å². The first kappa shape index (κ1) is 15.7. The van der Waals surface area contributed by atoms with Crippen molar-refractivity contribution in [3.8, 4) is 0 Å². The van der Waals surface area contributed by atoms with Gasteiger partial charge >= 0.3 is 6.09 Å². The summed E-state index contributed by atoms with van der Waals surface area (Å²) in [6.07, 6.45) is 3.10. The van der Waals surface area contributed by atoms with E-state index in [0.29, 0.717) is 11.0 Å². The average molecular weight is 330 g/mol. The molecule has 0 aliphatic heterocycles. The SMILES string of the molecule is CC(C)(C)OC(=O)NCC=Cc1ccc(F)c(Br)c1. The lowest BCUT2D eigenvalue weighted by atomic mass is 10.2. The molecule has 19 heavy (non-hydrogen) atoms. The maximum atomic E-state index is 13.0. The molecule has 1 amide bonds. The Bertz CT molecular complexity index is 481. The van der Waals surface area contributed by atoms with Gasteiger partial charge in [-0.3, -0.25) is 0 Å². The largest absolute Gasteiger partial charge is 0.444 e. The summed E-state index contributed by atoms with van der Waals surface area (Å²) >= 11 is 3.11. The highest BCUT2D eigenvalue weighted by Crippen LogP contribution is 2.17. The molecule has 1 aromatic carbocycles. The van der Waals surface area contributed by atoms with E-state index in [4.69, 9.17) is 4.74 Å². The summed E-state index contributed by atoms with van der Waals surface area (Å²) in [5, 5.41) is 2.60. The summed E-state index contributed by atoms with van der Waals surface area (Å²) in [5.74, 6) is -0.302. The highest BCUT2D eigenvalue weighted by atomic mass is 79.9. The van der Waals surface area contributed by atoms with Gasteiger partial charge in [-0.2, -0.15) is 0 Å². The number of hydrogen-bond donors (Lipinski definition) is 1. The maximum Gasteiger partial charge on any atom is 0.407 e. The van der Waals surface area contributed by atoms with Crippen molar-refractivity contribution in [2.45, 2.75) is 26.4 Å². The average Bonchev–Trinajstić information content (AvgIpc) is 2.27. The first-order chi connectivity index (χ1) is 8.78. The molecule has 0 atom stereocenters. The lowest BCUT2D eigenvalue weighted by molar-refractivity contribution is 0.0534. The van der Waals surface area contributed by atoms with Crippen LogP contribution in [0.3, 0.4) is 0 Å². The fourth-order valence-electron chi connectivity index (χ4n) is 1.27. The summed E-state index contributed by atoms with van der Waals surface area (Å²) in [6, 6.07) is 4.70. The smallest absolute Gasteiger partial charge is 0.407 e. The molecule has 0 radical (unpaired) electrons. The Morgan fingerprint density at radius 3 is 2.74 bits per heavy atom. The third-order valence-electron chi connectivity index (χ3n) is 2.02. The summed E-state index contributed by atoms with van der Waals surface area (Å²) in [4.78, 5) is 11.3. The zero-order valence-electron chi connectivity index (χ0n) is 11.2. The molecule has 0 fully saturated rings. The predicted octanol–water partition coefficient (Wildman–Crippen LogP) is 4.13. The molecule has 0 aliphatic rings. The van der Waals surface area contributed by atoms with Crippen molar-refractivity contribution in [2.75, 3.05) is 6.54 Å². The van der Waals surface area contributed by atoms with Crippen molar-refractivity contribution in [1.82, 2.24) is 5.32 Å². The maximum absolute atomic E-state index is 13.0. The van der Waals surface area contributed by atoms with Gasteiger partial charge < -0.3 is 10.1 Å². The molecule has 0 bridgehead atoms. The number of carbonyl (C=O) groups excluding carboxylic acids is 1. The van der Waals surface area contributed by atoms with E-state index in [0.717, 1.165) is 5.56 Å². The van der Waals surface area contributed by atoms with Crippen LogP contribution in [0.2, 0.25) is 0 Å². The number of amides is 1. The molecule has 1 aromatic rings. The number of alkyl carbamates (subject to hydrolysis) is 1. The van der Waals surface area contributed by atoms with Gasteiger partial charge in [0.2, 0.25) is 0 Å². The molecule has 0 saturated heterocycles. The lowest BCUT2D eigenvalue weighted by Crippen LogP contribution is -2.32. The summed E-state index contributed by atoms with van der Waals surface area (Å²) in [7, 11) is 0. The van der Waals surface area contributed by atoms with Crippen LogP contribution >= 0.6 is 15.9 Å². The Hall–Kier alpha value is -1.36. The van der Waals surface area contributed by atoms with Crippen LogP contribution in [0.4, 0.5) is 9.18 Å². The highest BCUT2D eigenvalue weighted by molar-refractivity contribution is 9.10. The number of benzene rings is 1. The van der Waals surface area contributed by atoms with E-state index in [1.165, 1.54) is 6.07 Å². The minimum Gasteiger partial charge on any atom is -0.444 e. The van der Waals surface area contributed by atoms with E-state index in [2.05, 4.69) is 21.2 Å². The minimum atomic E-state index is -0.504. The molecule has 0 unspecified atom stereocenters. The first-order valence-corrected chi connectivity index (χ1v) is 6.66. The van der Waals surface area contributed by atoms with Gasteiger partial charge in [0, 0.05) is 6.54 Å².